The minimum atomic E-state index is -0.776. The highest BCUT2D eigenvalue weighted by molar-refractivity contribution is 5.95. The number of phenolic OH excluding ortho intramolecular Hbond substituents is 1. The number of allylic oxidation sites excluding steroid dienone is 1. The maximum absolute atomic E-state index is 12.7. The van der Waals surface area contributed by atoms with E-state index in [1.54, 1.807) is 12.1 Å². The van der Waals surface area contributed by atoms with Crippen LogP contribution >= 0.6 is 0 Å². The number of nitrogens with one attached hydrogen (secondary N) is 1. The molecule has 0 aliphatic rings. The van der Waals surface area contributed by atoms with Crippen LogP contribution in [-0.4, -0.2) is 20.9 Å². The molecule has 0 fully saturated rings. The molecule has 1 atom stereocenters. The smallest absolute Gasteiger partial charge is 0.279 e. The number of carbonyl (C=O) groups excluding carboxylic acids is 1. The van der Waals surface area contributed by atoms with E-state index in [0.717, 1.165) is 24.0 Å². The Hall–Kier alpha value is -3.74. The van der Waals surface area contributed by atoms with E-state index in [9.17, 15) is 20.0 Å². The highest BCUT2D eigenvalue weighted by Gasteiger charge is 2.28. The van der Waals surface area contributed by atoms with Gasteiger partial charge >= 0.3 is 0 Å². The van der Waals surface area contributed by atoms with E-state index in [0.29, 0.717) is 6.42 Å². The molecular formula is C24H25N3O4. The summed E-state index contributed by atoms with van der Waals surface area (Å²) in [5, 5.41) is 26.0. The number of nitrogens with zero attached hydrogens (tertiary/aromatic N) is 2. The van der Waals surface area contributed by atoms with Gasteiger partial charge in [0.15, 0.2) is 0 Å². The first-order valence-corrected chi connectivity index (χ1v) is 10.2. The van der Waals surface area contributed by atoms with Crippen LogP contribution in [0.15, 0.2) is 60.8 Å². The fraction of sp³-hybridized carbons (Fsp3) is 0.250. The van der Waals surface area contributed by atoms with Crippen molar-refractivity contribution in [3.63, 3.8) is 0 Å². The van der Waals surface area contributed by atoms with Crippen LogP contribution in [0.4, 0.5) is 5.69 Å². The first kappa shape index (κ1) is 22.0. The molecule has 0 aliphatic heterocycles. The summed E-state index contributed by atoms with van der Waals surface area (Å²) in [4.78, 5) is 28.1. The minimum Gasteiger partial charge on any atom is -0.505 e. The first-order valence-electron chi connectivity index (χ1n) is 10.2. The predicted octanol–water partition coefficient (Wildman–Crippen LogP) is 5.30. The topological polar surface area (TPSA) is 105 Å². The number of amides is 1. The lowest BCUT2D eigenvalue weighted by Gasteiger charge is -2.24. The van der Waals surface area contributed by atoms with Crippen LogP contribution in [0.25, 0.3) is 16.5 Å². The number of carbonyl (C=O) groups is 1. The zero-order chi connectivity index (χ0) is 22.4. The van der Waals surface area contributed by atoms with Crippen molar-refractivity contribution in [1.29, 1.82) is 0 Å². The lowest BCUT2D eigenvalue weighted by molar-refractivity contribution is -0.383. The predicted molar refractivity (Wildman–Crippen MR) is 121 cm³/mol. The van der Waals surface area contributed by atoms with Gasteiger partial charge in [0.1, 0.15) is 11.3 Å². The SMILES string of the molecule is CC=C(c1ccccc1)C(NC(=O)CCCC)c1cc([N+](=O)[O-])c2cccnc2c1O. The van der Waals surface area contributed by atoms with Crippen molar-refractivity contribution in [2.24, 2.45) is 0 Å². The number of non-ortho nitro benzene ring substituents is 1. The van der Waals surface area contributed by atoms with Crippen molar-refractivity contribution in [2.45, 2.75) is 39.2 Å². The Morgan fingerprint density at radius 2 is 2.00 bits per heavy atom. The van der Waals surface area contributed by atoms with Gasteiger partial charge in [0.2, 0.25) is 5.91 Å². The van der Waals surface area contributed by atoms with Gasteiger partial charge in [0, 0.05) is 24.2 Å². The molecule has 3 aromatic rings. The third-order valence-electron chi connectivity index (χ3n) is 5.17. The number of pyridine rings is 1. The molecule has 2 aromatic carbocycles. The molecule has 1 aromatic heterocycles. The van der Waals surface area contributed by atoms with Crippen LogP contribution in [-0.2, 0) is 4.79 Å². The number of rotatable bonds is 8. The van der Waals surface area contributed by atoms with Gasteiger partial charge in [-0.1, -0.05) is 49.8 Å². The van der Waals surface area contributed by atoms with Gasteiger partial charge in [-0.15, -0.1) is 0 Å². The van der Waals surface area contributed by atoms with Crippen LogP contribution < -0.4 is 5.32 Å². The van der Waals surface area contributed by atoms with Crippen LogP contribution in [0.2, 0.25) is 0 Å². The lowest BCUT2D eigenvalue weighted by Crippen LogP contribution is -2.29. The highest BCUT2D eigenvalue weighted by Crippen LogP contribution is 2.41. The molecule has 0 aliphatic carbocycles. The van der Waals surface area contributed by atoms with Gasteiger partial charge in [-0.25, -0.2) is 0 Å². The number of nitro groups is 1. The Labute approximate surface area is 180 Å². The molecule has 0 bridgehead atoms. The molecule has 1 heterocycles. The number of aromatic hydroxyl groups is 1. The molecule has 1 unspecified atom stereocenters. The Morgan fingerprint density at radius 3 is 2.65 bits per heavy atom. The fourth-order valence-corrected chi connectivity index (χ4v) is 3.63. The third-order valence-corrected chi connectivity index (χ3v) is 5.17. The van der Waals surface area contributed by atoms with Gasteiger partial charge in [0.05, 0.1) is 16.4 Å². The maximum atomic E-state index is 12.7. The summed E-state index contributed by atoms with van der Waals surface area (Å²) in [5.41, 5.74) is 1.76. The number of nitro benzene ring substituents is 1. The standard InChI is InChI=1S/C24H25N3O4/c1-3-5-13-21(28)26-22(17(4-2)16-10-7-6-8-11-16)19-15-20(27(30)31)18-12-9-14-25-23(18)24(19)29/h4,6-12,14-15,22,29H,3,5,13H2,1-2H3,(H,26,28). The third kappa shape index (κ3) is 4.71. The van der Waals surface area contributed by atoms with Crippen molar-refractivity contribution < 1.29 is 14.8 Å². The zero-order valence-corrected chi connectivity index (χ0v) is 17.5. The fourth-order valence-electron chi connectivity index (χ4n) is 3.63. The molecule has 7 heteroatoms. The molecule has 2 N–H and O–H groups in total. The molecule has 0 saturated carbocycles. The second-order valence-corrected chi connectivity index (χ2v) is 7.20. The molecule has 0 spiro atoms. The van der Waals surface area contributed by atoms with E-state index in [1.165, 1.54) is 12.3 Å². The van der Waals surface area contributed by atoms with Gasteiger partial charge in [0.25, 0.3) is 5.69 Å². The molecule has 3 rings (SSSR count). The molecule has 0 radical (unpaired) electrons. The van der Waals surface area contributed by atoms with Gasteiger partial charge in [-0.05, 0) is 36.6 Å². The van der Waals surface area contributed by atoms with E-state index >= 15 is 0 Å². The van der Waals surface area contributed by atoms with Crippen molar-refractivity contribution >= 4 is 28.1 Å². The number of phenols is 1. The summed E-state index contributed by atoms with van der Waals surface area (Å²) >= 11 is 0. The average Bonchev–Trinajstić information content (AvgIpc) is 2.78. The van der Waals surface area contributed by atoms with E-state index in [4.69, 9.17) is 0 Å². The largest absolute Gasteiger partial charge is 0.505 e. The molecule has 1 amide bonds. The van der Waals surface area contributed by atoms with E-state index in [1.807, 2.05) is 50.3 Å². The van der Waals surface area contributed by atoms with E-state index < -0.39 is 11.0 Å². The summed E-state index contributed by atoms with van der Waals surface area (Å²) in [5.74, 6) is -0.373. The van der Waals surface area contributed by atoms with Crippen molar-refractivity contribution in [2.75, 3.05) is 0 Å². The Morgan fingerprint density at radius 1 is 1.26 bits per heavy atom. The van der Waals surface area contributed by atoms with E-state index in [2.05, 4.69) is 10.3 Å². The Bertz CT molecular complexity index is 1130. The summed E-state index contributed by atoms with van der Waals surface area (Å²) in [6.07, 6.45) is 5.23. The van der Waals surface area contributed by atoms with E-state index in [-0.39, 0.29) is 33.8 Å². The number of hydrogen-bond acceptors (Lipinski definition) is 5. The highest BCUT2D eigenvalue weighted by atomic mass is 16.6. The Kier molecular flexibility index (Phi) is 6.97. The number of fused-ring (bicyclic) bond motifs is 1. The second kappa shape index (κ2) is 9.84. The van der Waals surface area contributed by atoms with Crippen LogP contribution in [0, 0.1) is 10.1 Å². The van der Waals surface area contributed by atoms with Crippen molar-refractivity contribution in [1.82, 2.24) is 10.3 Å². The zero-order valence-electron chi connectivity index (χ0n) is 17.5. The van der Waals surface area contributed by atoms with Crippen molar-refractivity contribution in [3.05, 3.63) is 82.0 Å². The summed E-state index contributed by atoms with van der Waals surface area (Å²) in [6.45, 7) is 3.83. The number of aromatic nitrogens is 1. The quantitative estimate of drug-likeness (QED) is 0.381. The summed E-state index contributed by atoms with van der Waals surface area (Å²) < 4.78 is 0. The second-order valence-electron chi connectivity index (χ2n) is 7.20. The maximum Gasteiger partial charge on any atom is 0.279 e. The monoisotopic (exact) mass is 419 g/mol. The van der Waals surface area contributed by atoms with Crippen LogP contribution in [0.1, 0.15) is 50.3 Å². The molecular weight excluding hydrogens is 394 g/mol. The number of hydrogen-bond donors (Lipinski definition) is 2. The van der Waals surface area contributed by atoms with Crippen molar-refractivity contribution in [3.8, 4) is 5.75 Å². The molecule has 160 valence electrons. The van der Waals surface area contributed by atoms with Gasteiger partial charge in [-0.3, -0.25) is 19.9 Å². The molecule has 7 nitrogen and oxygen atoms in total. The lowest BCUT2D eigenvalue weighted by atomic mass is 9.90. The number of benzene rings is 2. The van der Waals surface area contributed by atoms with Crippen LogP contribution in [0.3, 0.4) is 0 Å². The normalized spacial score (nSPS) is 12.5. The van der Waals surface area contributed by atoms with Gasteiger partial charge < -0.3 is 10.4 Å². The first-order chi connectivity index (χ1) is 15.0. The average molecular weight is 419 g/mol. The van der Waals surface area contributed by atoms with Crippen LogP contribution in [0.5, 0.6) is 5.75 Å². The Balaban J connectivity index is 2.21. The summed E-state index contributed by atoms with van der Waals surface area (Å²) in [7, 11) is 0. The number of unbranched alkanes of at least 4 members (excludes halogenated alkanes) is 1. The van der Waals surface area contributed by atoms with Gasteiger partial charge in [-0.2, -0.15) is 0 Å². The summed E-state index contributed by atoms with van der Waals surface area (Å²) in [6, 6.07) is 13.1. The minimum absolute atomic E-state index is 0.128. The molecule has 31 heavy (non-hydrogen) atoms. The molecule has 0 saturated heterocycles.